The maximum Gasteiger partial charge on any atom is 0.261 e. The lowest BCUT2D eigenvalue weighted by Gasteiger charge is -2.35. The first-order chi connectivity index (χ1) is 13.0. The summed E-state index contributed by atoms with van der Waals surface area (Å²) in [7, 11) is 1.52. The zero-order valence-corrected chi connectivity index (χ0v) is 16.0. The zero-order valence-electron chi connectivity index (χ0n) is 16.0. The zero-order chi connectivity index (χ0) is 19.1. The molecule has 0 amide bonds. The number of aryl methyl sites for hydroxylation is 2. The molecule has 4 rings (SSSR count). The van der Waals surface area contributed by atoms with Gasteiger partial charge in [-0.15, -0.1) is 0 Å². The van der Waals surface area contributed by atoms with Crippen LogP contribution in [0.3, 0.4) is 0 Å². The molecule has 0 saturated carbocycles. The fourth-order valence-electron chi connectivity index (χ4n) is 3.83. The molecule has 1 aliphatic rings. The summed E-state index contributed by atoms with van der Waals surface area (Å²) in [5.74, 6) is 1.73. The van der Waals surface area contributed by atoms with Crippen LogP contribution < -0.4 is 9.64 Å². The summed E-state index contributed by atoms with van der Waals surface area (Å²) in [5, 5.41) is 4.63. The molecule has 1 aliphatic heterocycles. The third kappa shape index (κ3) is 3.01. The van der Waals surface area contributed by atoms with Crippen LogP contribution in [0.25, 0.3) is 22.4 Å². The molecule has 3 aromatic rings. The molecule has 2 aromatic heterocycles. The van der Waals surface area contributed by atoms with Crippen molar-refractivity contribution in [1.29, 1.82) is 0 Å². The van der Waals surface area contributed by atoms with Gasteiger partial charge in [0.05, 0.1) is 12.7 Å². The van der Waals surface area contributed by atoms with Crippen LogP contribution in [0.15, 0.2) is 16.7 Å². The van der Waals surface area contributed by atoms with E-state index >= 15 is 0 Å². The maximum atomic E-state index is 14.8. The van der Waals surface area contributed by atoms with Crippen LogP contribution in [0.5, 0.6) is 5.75 Å². The molecule has 0 bridgehead atoms. The van der Waals surface area contributed by atoms with Gasteiger partial charge in [-0.3, -0.25) is 0 Å². The Morgan fingerprint density at radius 3 is 2.70 bits per heavy atom. The largest absolute Gasteiger partial charge is 0.497 e. The van der Waals surface area contributed by atoms with Crippen LogP contribution in [-0.4, -0.2) is 34.8 Å². The molecule has 1 fully saturated rings. The minimum Gasteiger partial charge on any atom is -0.497 e. The Morgan fingerprint density at radius 2 is 2.04 bits per heavy atom. The Kier molecular flexibility index (Phi) is 4.45. The SMILES string of the molecule is COc1cc(F)c2nc(N3CCCC[C@H]3C)c(-c3nc(C)no3)c(C)c2c1. The van der Waals surface area contributed by atoms with Crippen LogP contribution in [0.4, 0.5) is 10.2 Å². The average Bonchev–Trinajstić information content (AvgIpc) is 3.08. The van der Waals surface area contributed by atoms with E-state index in [9.17, 15) is 4.39 Å². The fraction of sp³-hybridized carbons (Fsp3) is 0.450. The first-order valence-corrected chi connectivity index (χ1v) is 9.24. The average molecular weight is 370 g/mol. The molecule has 142 valence electrons. The van der Waals surface area contributed by atoms with Gasteiger partial charge in [0.15, 0.2) is 11.6 Å². The van der Waals surface area contributed by atoms with E-state index in [4.69, 9.17) is 14.2 Å². The van der Waals surface area contributed by atoms with Crippen molar-refractivity contribution >= 4 is 16.7 Å². The van der Waals surface area contributed by atoms with Gasteiger partial charge in [0.2, 0.25) is 0 Å². The molecule has 6 nitrogen and oxygen atoms in total. The third-order valence-corrected chi connectivity index (χ3v) is 5.31. The number of hydrogen-bond donors (Lipinski definition) is 0. The molecule has 0 aliphatic carbocycles. The number of hydrogen-bond acceptors (Lipinski definition) is 6. The lowest BCUT2D eigenvalue weighted by Crippen LogP contribution is -2.38. The summed E-state index contributed by atoms with van der Waals surface area (Å²) in [6, 6.07) is 3.48. The quantitative estimate of drug-likeness (QED) is 0.680. The highest BCUT2D eigenvalue weighted by atomic mass is 19.1. The standard InChI is InChI=1S/C20H23FN4O2/c1-11-7-5-6-8-25(11)19-17(20-22-13(3)24-27-20)12(2)15-9-14(26-4)10-16(21)18(15)23-19/h9-11H,5-8H2,1-4H3/t11-/m1/s1. The first kappa shape index (κ1) is 17.7. The molecule has 7 heteroatoms. The van der Waals surface area contributed by atoms with E-state index in [1.807, 2.05) is 6.92 Å². The van der Waals surface area contributed by atoms with E-state index in [-0.39, 0.29) is 0 Å². The third-order valence-electron chi connectivity index (χ3n) is 5.31. The van der Waals surface area contributed by atoms with Gasteiger partial charge in [0.1, 0.15) is 17.1 Å². The minimum absolute atomic E-state index is 0.312. The number of aromatic nitrogens is 3. The Balaban J connectivity index is 2.03. The van der Waals surface area contributed by atoms with Crippen molar-refractivity contribution in [3.8, 4) is 17.2 Å². The highest BCUT2D eigenvalue weighted by molar-refractivity contribution is 5.93. The molecule has 27 heavy (non-hydrogen) atoms. The summed E-state index contributed by atoms with van der Waals surface area (Å²) >= 11 is 0. The molecule has 0 spiro atoms. The van der Waals surface area contributed by atoms with Crippen molar-refractivity contribution in [2.24, 2.45) is 0 Å². The summed E-state index contributed by atoms with van der Waals surface area (Å²) in [4.78, 5) is 11.4. The molecular formula is C20H23FN4O2. The molecule has 1 aromatic carbocycles. The molecular weight excluding hydrogens is 347 g/mol. The molecule has 1 saturated heterocycles. The second-order valence-corrected chi connectivity index (χ2v) is 7.13. The van der Waals surface area contributed by atoms with Crippen LogP contribution in [-0.2, 0) is 0 Å². The predicted octanol–water partition coefficient (Wildman–Crippen LogP) is 4.43. The summed E-state index contributed by atoms with van der Waals surface area (Å²) in [5.41, 5.74) is 1.96. The van der Waals surface area contributed by atoms with Crippen molar-refractivity contribution < 1.29 is 13.7 Å². The Labute approximate surface area is 157 Å². The van der Waals surface area contributed by atoms with E-state index < -0.39 is 5.82 Å². The molecule has 0 unspecified atom stereocenters. The fourth-order valence-corrected chi connectivity index (χ4v) is 3.83. The van der Waals surface area contributed by atoms with Crippen LogP contribution in [0.2, 0.25) is 0 Å². The van der Waals surface area contributed by atoms with Gasteiger partial charge < -0.3 is 14.2 Å². The number of benzene rings is 1. The second-order valence-electron chi connectivity index (χ2n) is 7.13. The van der Waals surface area contributed by atoms with Gasteiger partial charge in [-0.05, 0) is 51.7 Å². The number of nitrogens with zero attached hydrogens (tertiary/aromatic N) is 4. The van der Waals surface area contributed by atoms with Gasteiger partial charge in [0, 0.05) is 24.0 Å². The lowest BCUT2D eigenvalue weighted by atomic mass is 9.99. The smallest absolute Gasteiger partial charge is 0.261 e. The topological polar surface area (TPSA) is 64.3 Å². The molecule has 3 heterocycles. The number of methoxy groups -OCH3 is 1. The van der Waals surface area contributed by atoms with Gasteiger partial charge in [-0.1, -0.05) is 5.16 Å². The lowest BCUT2D eigenvalue weighted by molar-refractivity contribution is 0.412. The number of rotatable bonds is 3. The van der Waals surface area contributed by atoms with Crippen molar-refractivity contribution in [2.75, 3.05) is 18.6 Å². The number of pyridine rings is 1. The van der Waals surface area contributed by atoms with E-state index in [2.05, 4.69) is 22.0 Å². The number of ether oxygens (including phenoxy) is 1. The highest BCUT2D eigenvalue weighted by Crippen LogP contribution is 2.39. The number of anilines is 1. The number of fused-ring (bicyclic) bond motifs is 1. The maximum absolute atomic E-state index is 14.8. The van der Waals surface area contributed by atoms with E-state index in [0.717, 1.165) is 30.5 Å². The molecule has 0 N–H and O–H groups in total. The van der Waals surface area contributed by atoms with Crippen molar-refractivity contribution in [2.45, 2.75) is 46.1 Å². The summed E-state index contributed by atoms with van der Waals surface area (Å²) in [6.07, 6.45) is 3.34. The van der Waals surface area contributed by atoms with Gasteiger partial charge in [-0.25, -0.2) is 9.37 Å². The second kappa shape index (κ2) is 6.79. The number of piperidine rings is 1. The monoisotopic (exact) mass is 370 g/mol. The van der Waals surface area contributed by atoms with Crippen molar-refractivity contribution in [3.63, 3.8) is 0 Å². The van der Waals surface area contributed by atoms with Crippen molar-refractivity contribution in [3.05, 3.63) is 29.3 Å². The highest BCUT2D eigenvalue weighted by Gasteiger charge is 2.28. The van der Waals surface area contributed by atoms with Gasteiger partial charge in [-0.2, -0.15) is 4.98 Å². The van der Waals surface area contributed by atoms with Crippen molar-refractivity contribution in [1.82, 2.24) is 15.1 Å². The number of halogens is 1. The van der Waals surface area contributed by atoms with Gasteiger partial charge >= 0.3 is 0 Å². The Bertz CT molecular complexity index is 1000. The molecule has 0 radical (unpaired) electrons. The van der Waals surface area contributed by atoms with Crippen LogP contribution >= 0.6 is 0 Å². The van der Waals surface area contributed by atoms with Gasteiger partial charge in [0.25, 0.3) is 5.89 Å². The normalized spacial score (nSPS) is 17.5. The Hall–Kier alpha value is -2.70. The molecule has 1 atom stereocenters. The van der Waals surface area contributed by atoms with E-state index in [1.165, 1.54) is 19.6 Å². The van der Waals surface area contributed by atoms with E-state index in [1.54, 1.807) is 13.0 Å². The predicted molar refractivity (Wildman–Crippen MR) is 102 cm³/mol. The Morgan fingerprint density at radius 1 is 1.22 bits per heavy atom. The first-order valence-electron chi connectivity index (χ1n) is 9.24. The van der Waals surface area contributed by atoms with Crippen LogP contribution in [0.1, 0.15) is 37.6 Å². The van der Waals surface area contributed by atoms with Crippen LogP contribution in [0, 0.1) is 19.7 Å². The summed E-state index contributed by atoms with van der Waals surface area (Å²) in [6.45, 7) is 6.77. The minimum atomic E-state index is -0.397. The summed E-state index contributed by atoms with van der Waals surface area (Å²) < 4.78 is 25.5. The van der Waals surface area contributed by atoms with E-state index in [0.29, 0.717) is 40.2 Å².